The number of benzene rings is 2. The van der Waals surface area contributed by atoms with Gasteiger partial charge in [0.15, 0.2) is 0 Å². The van der Waals surface area contributed by atoms with Crippen LogP contribution in [0.5, 0.6) is 0 Å². The number of carbonyl (C=O) groups excluding carboxylic acids is 1. The van der Waals surface area contributed by atoms with E-state index in [1.54, 1.807) is 6.07 Å². The first-order valence-electron chi connectivity index (χ1n) is 8.11. The number of amides is 1. The van der Waals surface area contributed by atoms with Crippen LogP contribution in [0, 0.1) is 6.92 Å². The zero-order chi connectivity index (χ0) is 18.1. The molecule has 0 bridgehead atoms. The summed E-state index contributed by atoms with van der Waals surface area (Å²) in [5.74, 6) is 1.81. The molecule has 0 saturated carbocycles. The van der Waals surface area contributed by atoms with E-state index in [-0.39, 0.29) is 5.91 Å². The van der Waals surface area contributed by atoms with Gasteiger partial charge in [0.1, 0.15) is 0 Å². The van der Waals surface area contributed by atoms with Crippen LogP contribution >= 0.6 is 35.0 Å². The molecule has 2 nitrogen and oxygen atoms in total. The second-order valence-electron chi connectivity index (χ2n) is 5.59. The standard InChI is InChI=1S/C20H21Cl2NOS/c1-15-11-12-17(21)20(19(15)22)23-18(24)10-6-14-25-13-5-9-16-7-3-2-4-8-16/h2-5,7-9,11-12H,6,10,13-14H2,1H3,(H,23,24). The van der Waals surface area contributed by atoms with Crippen molar-refractivity contribution < 1.29 is 4.79 Å². The SMILES string of the molecule is Cc1ccc(Cl)c(NC(=O)CCCSCC=Cc2ccccc2)c1Cl. The molecule has 2 aromatic carbocycles. The van der Waals surface area contributed by atoms with E-state index in [1.807, 2.05) is 43.0 Å². The predicted molar refractivity (Wildman–Crippen MR) is 112 cm³/mol. The summed E-state index contributed by atoms with van der Waals surface area (Å²) in [6.07, 6.45) is 5.53. The number of anilines is 1. The second kappa shape index (κ2) is 10.5. The van der Waals surface area contributed by atoms with Gasteiger partial charge < -0.3 is 5.32 Å². The van der Waals surface area contributed by atoms with E-state index in [1.165, 1.54) is 5.56 Å². The van der Waals surface area contributed by atoms with Gasteiger partial charge in [0, 0.05) is 12.2 Å². The molecule has 5 heteroatoms. The van der Waals surface area contributed by atoms with E-state index in [4.69, 9.17) is 23.2 Å². The average molecular weight is 394 g/mol. The van der Waals surface area contributed by atoms with Gasteiger partial charge in [-0.2, -0.15) is 11.8 Å². The zero-order valence-electron chi connectivity index (χ0n) is 14.1. The van der Waals surface area contributed by atoms with Crippen molar-refractivity contribution in [2.24, 2.45) is 0 Å². The lowest BCUT2D eigenvalue weighted by Crippen LogP contribution is -2.12. The van der Waals surface area contributed by atoms with Crippen molar-refractivity contribution >= 4 is 52.6 Å². The minimum Gasteiger partial charge on any atom is -0.324 e. The smallest absolute Gasteiger partial charge is 0.224 e. The molecule has 0 radical (unpaired) electrons. The molecule has 1 N–H and O–H groups in total. The van der Waals surface area contributed by atoms with Gasteiger partial charge in [0.05, 0.1) is 15.7 Å². The maximum atomic E-state index is 12.1. The number of rotatable bonds is 8. The molecule has 0 atom stereocenters. The first-order valence-corrected chi connectivity index (χ1v) is 10.0. The molecule has 0 aliphatic carbocycles. The van der Waals surface area contributed by atoms with Gasteiger partial charge in [-0.1, -0.05) is 71.8 Å². The molecule has 0 unspecified atom stereocenters. The minimum atomic E-state index is -0.0603. The summed E-state index contributed by atoms with van der Waals surface area (Å²) in [5.41, 5.74) is 2.60. The molecule has 0 aromatic heterocycles. The number of carbonyl (C=O) groups is 1. The highest BCUT2D eigenvalue weighted by Gasteiger charge is 2.11. The van der Waals surface area contributed by atoms with Crippen LogP contribution in [0.2, 0.25) is 10.0 Å². The molecule has 132 valence electrons. The lowest BCUT2D eigenvalue weighted by Gasteiger charge is -2.11. The van der Waals surface area contributed by atoms with Gasteiger partial charge >= 0.3 is 0 Å². The molecular formula is C20H21Cl2NOS. The highest BCUT2D eigenvalue weighted by atomic mass is 35.5. The normalized spacial score (nSPS) is 11.0. The third-order valence-corrected chi connectivity index (χ3v) is 5.37. The maximum Gasteiger partial charge on any atom is 0.224 e. The number of nitrogens with one attached hydrogen (secondary N) is 1. The lowest BCUT2D eigenvalue weighted by molar-refractivity contribution is -0.116. The molecule has 0 saturated heterocycles. The van der Waals surface area contributed by atoms with Crippen LogP contribution in [0.15, 0.2) is 48.5 Å². The average Bonchev–Trinajstić information content (AvgIpc) is 2.62. The molecule has 0 aliphatic heterocycles. The summed E-state index contributed by atoms with van der Waals surface area (Å²) in [4.78, 5) is 12.1. The fourth-order valence-electron chi connectivity index (χ4n) is 2.21. The number of hydrogen-bond donors (Lipinski definition) is 1. The lowest BCUT2D eigenvalue weighted by atomic mass is 10.2. The first kappa shape index (κ1) is 19.9. The Balaban J connectivity index is 1.66. The van der Waals surface area contributed by atoms with Crippen LogP contribution in [0.3, 0.4) is 0 Å². The van der Waals surface area contributed by atoms with Crippen molar-refractivity contribution in [3.05, 3.63) is 69.7 Å². The highest BCUT2D eigenvalue weighted by molar-refractivity contribution is 7.99. The summed E-state index contributed by atoms with van der Waals surface area (Å²) in [5, 5.41) is 3.78. The Morgan fingerprint density at radius 3 is 2.68 bits per heavy atom. The molecule has 0 fully saturated rings. The van der Waals surface area contributed by atoms with Crippen molar-refractivity contribution in [1.82, 2.24) is 0 Å². The summed E-state index contributed by atoms with van der Waals surface area (Å²) in [7, 11) is 0. The minimum absolute atomic E-state index is 0.0603. The van der Waals surface area contributed by atoms with Crippen LogP contribution in [-0.4, -0.2) is 17.4 Å². The number of hydrogen-bond acceptors (Lipinski definition) is 2. The largest absolute Gasteiger partial charge is 0.324 e. The van der Waals surface area contributed by atoms with Gasteiger partial charge in [-0.05, 0) is 36.3 Å². The summed E-state index contributed by atoms with van der Waals surface area (Å²) < 4.78 is 0. The maximum absolute atomic E-state index is 12.1. The Bertz CT molecular complexity index is 732. The Labute approximate surface area is 163 Å². The Kier molecular flexibility index (Phi) is 8.39. The molecule has 2 rings (SSSR count). The fourth-order valence-corrected chi connectivity index (χ4v) is 3.42. The Morgan fingerprint density at radius 1 is 1.16 bits per heavy atom. The molecule has 1 amide bonds. The summed E-state index contributed by atoms with van der Waals surface area (Å²) in [6.45, 7) is 1.88. The van der Waals surface area contributed by atoms with Gasteiger partial charge in [0.25, 0.3) is 0 Å². The van der Waals surface area contributed by atoms with Crippen LogP contribution in [0.4, 0.5) is 5.69 Å². The predicted octanol–water partition coefficient (Wildman–Crippen LogP) is 6.47. The monoisotopic (exact) mass is 393 g/mol. The third kappa shape index (κ3) is 6.77. The quantitative estimate of drug-likeness (QED) is 0.520. The van der Waals surface area contributed by atoms with Gasteiger partial charge in [0.2, 0.25) is 5.91 Å². The molecule has 0 heterocycles. The number of halogens is 2. The van der Waals surface area contributed by atoms with Crippen molar-refractivity contribution in [1.29, 1.82) is 0 Å². The molecular weight excluding hydrogens is 373 g/mol. The molecule has 2 aromatic rings. The zero-order valence-corrected chi connectivity index (χ0v) is 16.4. The van der Waals surface area contributed by atoms with Crippen LogP contribution < -0.4 is 5.32 Å². The third-order valence-electron chi connectivity index (χ3n) is 3.57. The van der Waals surface area contributed by atoms with E-state index in [9.17, 15) is 4.79 Å². The number of thioether (sulfide) groups is 1. The van der Waals surface area contributed by atoms with E-state index < -0.39 is 0 Å². The fraction of sp³-hybridized carbons (Fsp3) is 0.250. The van der Waals surface area contributed by atoms with Crippen LogP contribution in [0.1, 0.15) is 24.0 Å². The van der Waals surface area contributed by atoms with Crippen LogP contribution in [0.25, 0.3) is 6.08 Å². The summed E-state index contributed by atoms with van der Waals surface area (Å²) in [6, 6.07) is 13.8. The Hall–Kier alpha value is -1.42. The topological polar surface area (TPSA) is 29.1 Å². The van der Waals surface area contributed by atoms with E-state index in [2.05, 4.69) is 29.6 Å². The van der Waals surface area contributed by atoms with Crippen LogP contribution in [-0.2, 0) is 4.79 Å². The van der Waals surface area contributed by atoms with E-state index >= 15 is 0 Å². The first-order chi connectivity index (χ1) is 12.1. The number of aryl methyl sites for hydroxylation is 1. The molecule has 0 aliphatic rings. The second-order valence-corrected chi connectivity index (χ2v) is 7.53. The van der Waals surface area contributed by atoms with E-state index in [0.29, 0.717) is 22.2 Å². The van der Waals surface area contributed by atoms with Crippen molar-refractivity contribution in [2.45, 2.75) is 19.8 Å². The van der Waals surface area contributed by atoms with Crippen molar-refractivity contribution in [3.63, 3.8) is 0 Å². The Morgan fingerprint density at radius 2 is 1.92 bits per heavy atom. The van der Waals surface area contributed by atoms with E-state index in [0.717, 1.165) is 23.5 Å². The molecule has 0 spiro atoms. The highest BCUT2D eigenvalue weighted by Crippen LogP contribution is 2.33. The molecule has 25 heavy (non-hydrogen) atoms. The summed E-state index contributed by atoms with van der Waals surface area (Å²) >= 11 is 14.1. The van der Waals surface area contributed by atoms with Crippen molar-refractivity contribution in [2.75, 3.05) is 16.8 Å². The van der Waals surface area contributed by atoms with Crippen molar-refractivity contribution in [3.8, 4) is 0 Å². The van der Waals surface area contributed by atoms with Gasteiger partial charge in [-0.15, -0.1) is 0 Å². The van der Waals surface area contributed by atoms with Gasteiger partial charge in [-0.25, -0.2) is 0 Å². The van der Waals surface area contributed by atoms with Gasteiger partial charge in [-0.3, -0.25) is 4.79 Å².